The van der Waals surface area contributed by atoms with Crippen LogP contribution in [0.1, 0.15) is 31.5 Å². The third-order valence-electron chi connectivity index (χ3n) is 3.97. The van der Waals surface area contributed by atoms with Crippen LogP contribution in [0.4, 0.5) is 11.6 Å². The molecule has 1 aliphatic heterocycles. The number of nitrogens with one attached hydrogen (secondary N) is 1. The van der Waals surface area contributed by atoms with Crippen molar-refractivity contribution in [3.05, 3.63) is 11.9 Å². The first-order valence-electron chi connectivity index (χ1n) is 7.07. The lowest BCUT2D eigenvalue weighted by Crippen LogP contribution is -2.23. The Kier molecular flexibility index (Phi) is 3.36. The summed E-state index contributed by atoms with van der Waals surface area (Å²) in [7, 11) is 0. The van der Waals surface area contributed by atoms with E-state index in [-0.39, 0.29) is 0 Å². The molecule has 2 fully saturated rings. The number of aromatic nitrogens is 2. The van der Waals surface area contributed by atoms with E-state index in [0.29, 0.717) is 18.7 Å². The SMILES string of the molecule is Cc1nc(NCC2CCC2)cc(N2CCC(=O)C2)n1. The zero-order valence-electron chi connectivity index (χ0n) is 11.4. The second kappa shape index (κ2) is 5.15. The standard InChI is InChI=1S/C14H20N4O/c1-10-16-13(15-8-11-3-2-4-11)7-14(17-10)18-6-5-12(19)9-18/h7,11H,2-6,8-9H2,1H3,(H,15,16,17). The number of carbonyl (C=O) groups is 1. The minimum absolute atomic E-state index is 0.292. The summed E-state index contributed by atoms with van der Waals surface area (Å²) in [6.07, 6.45) is 4.64. The van der Waals surface area contributed by atoms with Crippen LogP contribution in [0.5, 0.6) is 0 Å². The predicted octanol–water partition coefficient (Wildman–Crippen LogP) is 1.78. The number of hydrogen-bond donors (Lipinski definition) is 1. The summed E-state index contributed by atoms with van der Waals surface area (Å²) in [5, 5.41) is 3.40. The zero-order valence-corrected chi connectivity index (χ0v) is 11.4. The molecule has 5 nitrogen and oxygen atoms in total. The Morgan fingerprint density at radius 1 is 1.42 bits per heavy atom. The molecule has 0 aromatic carbocycles. The van der Waals surface area contributed by atoms with E-state index in [1.54, 1.807) is 0 Å². The van der Waals surface area contributed by atoms with Crippen molar-refractivity contribution in [1.29, 1.82) is 0 Å². The average molecular weight is 260 g/mol. The first-order valence-corrected chi connectivity index (χ1v) is 7.07. The van der Waals surface area contributed by atoms with Crippen LogP contribution in [-0.4, -0.2) is 35.4 Å². The van der Waals surface area contributed by atoms with Gasteiger partial charge in [0.25, 0.3) is 0 Å². The molecule has 102 valence electrons. The summed E-state index contributed by atoms with van der Waals surface area (Å²) in [5.74, 6) is 3.60. The van der Waals surface area contributed by atoms with Crippen LogP contribution < -0.4 is 10.2 Å². The van der Waals surface area contributed by atoms with Crippen LogP contribution in [0.2, 0.25) is 0 Å². The smallest absolute Gasteiger partial charge is 0.153 e. The fourth-order valence-corrected chi connectivity index (χ4v) is 2.58. The summed E-state index contributed by atoms with van der Waals surface area (Å²) in [5.41, 5.74) is 0. The van der Waals surface area contributed by atoms with Gasteiger partial charge >= 0.3 is 0 Å². The highest BCUT2D eigenvalue weighted by molar-refractivity contribution is 5.86. The summed E-state index contributed by atoms with van der Waals surface area (Å²) in [4.78, 5) is 22.2. The number of rotatable bonds is 4. The van der Waals surface area contributed by atoms with Crippen molar-refractivity contribution in [3.8, 4) is 0 Å². The lowest BCUT2D eigenvalue weighted by Gasteiger charge is -2.26. The Hall–Kier alpha value is -1.65. The fraction of sp³-hybridized carbons (Fsp3) is 0.643. The summed E-state index contributed by atoms with van der Waals surface area (Å²) in [6, 6.07) is 1.96. The summed E-state index contributed by atoms with van der Waals surface area (Å²) >= 11 is 0. The zero-order chi connectivity index (χ0) is 13.2. The first kappa shape index (κ1) is 12.4. The van der Waals surface area contributed by atoms with Gasteiger partial charge in [0.05, 0.1) is 6.54 Å². The molecule has 1 aliphatic carbocycles. The van der Waals surface area contributed by atoms with E-state index >= 15 is 0 Å². The molecule has 0 spiro atoms. The van der Waals surface area contributed by atoms with E-state index in [4.69, 9.17) is 0 Å². The minimum atomic E-state index is 0.292. The van der Waals surface area contributed by atoms with Crippen molar-refractivity contribution < 1.29 is 4.79 Å². The summed E-state index contributed by atoms with van der Waals surface area (Å²) in [6.45, 7) is 4.15. The van der Waals surface area contributed by atoms with Crippen LogP contribution in [0.3, 0.4) is 0 Å². The molecule has 2 heterocycles. The highest BCUT2D eigenvalue weighted by atomic mass is 16.1. The van der Waals surface area contributed by atoms with E-state index in [1.807, 2.05) is 17.9 Å². The third kappa shape index (κ3) is 2.85. The highest BCUT2D eigenvalue weighted by Gasteiger charge is 2.22. The molecular formula is C14H20N4O. The van der Waals surface area contributed by atoms with Gasteiger partial charge in [0.1, 0.15) is 17.5 Å². The molecule has 19 heavy (non-hydrogen) atoms. The van der Waals surface area contributed by atoms with E-state index in [9.17, 15) is 4.79 Å². The van der Waals surface area contributed by atoms with Gasteiger partial charge in [-0.2, -0.15) is 0 Å². The van der Waals surface area contributed by atoms with Gasteiger partial charge in [-0.15, -0.1) is 0 Å². The lowest BCUT2D eigenvalue weighted by molar-refractivity contribution is -0.116. The summed E-state index contributed by atoms with van der Waals surface area (Å²) < 4.78 is 0. The molecule has 1 saturated carbocycles. The van der Waals surface area contributed by atoms with Crippen molar-refractivity contribution in [2.75, 3.05) is 29.9 Å². The number of ketones is 1. The van der Waals surface area contributed by atoms with E-state index in [0.717, 1.165) is 36.5 Å². The first-order chi connectivity index (χ1) is 9.20. The van der Waals surface area contributed by atoms with Crippen molar-refractivity contribution in [2.45, 2.75) is 32.6 Å². The Bertz CT molecular complexity index is 484. The van der Waals surface area contributed by atoms with Crippen LogP contribution in [0, 0.1) is 12.8 Å². The molecule has 0 unspecified atom stereocenters. The predicted molar refractivity (Wildman–Crippen MR) is 74.4 cm³/mol. The minimum Gasteiger partial charge on any atom is -0.370 e. The van der Waals surface area contributed by atoms with Gasteiger partial charge < -0.3 is 10.2 Å². The molecule has 1 aromatic rings. The van der Waals surface area contributed by atoms with Crippen LogP contribution in [-0.2, 0) is 4.79 Å². The number of carbonyl (C=O) groups excluding carboxylic acids is 1. The molecule has 2 aliphatic rings. The van der Waals surface area contributed by atoms with Gasteiger partial charge in [-0.3, -0.25) is 4.79 Å². The molecule has 0 atom stereocenters. The lowest BCUT2D eigenvalue weighted by atomic mass is 9.85. The molecule has 1 N–H and O–H groups in total. The van der Waals surface area contributed by atoms with E-state index in [2.05, 4.69) is 15.3 Å². The number of anilines is 2. The van der Waals surface area contributed by atoms with Crippen molar-refractivity contribution in [3.63, 3.8) is 0 Å². The largest absolute Gasteiger partial charge is 0.370 e. The van der Waals surface area contributed by atoms with Crippen molar-refractivity contribution in [1.82, 2.24) is 9.97 Å². The number of hydrogen-bond acceptors (Lipinski definition) is 5. The monoisotopic (exact) mass is 260 g/mol. The van der Waals surface area contributed by atoms with Gasteiger partial charge in [-0.05, 0) is 25.7 Å². The quantitative estimate of drug-likeness (QED) is 0.894. The molecule has 1 saturated heterocycles. The van der Waals surface area contributed by atoms with Crippen molar-refractivity contribution >= 4 is 17.4 Å². The topological polar surface area (TPSA) is 58.1 Å². The van der Waals surface area contributed by atoms with Crippen LogP contribution in [0.25, 0.3) is 0 Å². The molecular weight excluding hydrogens is 240 g/mol. The number of nitrogens with zero attached hydrogens (tertiary/aromatic N) is 3. The van der Waals surface area contributed by atoms with Crippen molar-refractivity contribution in [2.24, 2.45) is 5.92 Å². The second-order valence-electron chi connectivity index (χ2n) is 5.55. The van der Waals surface area contributed by atoms with Gasteiger partial charge in [0, 0.05) is 25.6 Å². The van der Waals surface area contributed by atoms with E-state index < -0.39 is 0 Å². The Morgan fingerprint density at radius 3 is 2.89 bits per heavy atom. The Balaban J connectivity index is 1.69. The van der Waals surface area contributed by atoms with Gasteiger partial charge in [-0.25, -0.2) is 9.97 Å². The molecule has 0 bridgehead atoms. The van der Waals surface area contributed by atoms with Crippen LogP contribution >= 0.6 is 0 Å². The Labute approximate surface area is 113 Å². The molecule has 5 heteroatoms. The Morgan fingerprint density at radius 2 is 2.26 bits per heavy atom. The molecule has 3 rings (SSSR count). The molecule has 0 amide bonds. The second-order valence-corrected chi connectivity index (χ2v) is 5.55. The maximum absolute atomic E-state index is 11.4. The number of aryl methyl sites for hydroxylation is 1. The average Bonchev–Trinajstić information content (AvgIpc) is 2.73. The van der Waals surface area contributed by atoms with Crippen LogP contribution in [0.15, 0.2) is 6.07 Å². The maximum Gasteiger partial charge on any atom is 0.153 e. The highest BCUT2D eigenvalue weighted by Crippen LogP contribution is 2.27. The van der Waals surface area contributed by atoms with Gasteiger partial charge in [0.15, 0.2) is 5.78 Å². The molecule has 0 radical (unpaired) electrons. The third-order valence-corrected chi connectivity index (χ3v) is 3.97. The van der Waals surface area contributed by atoms with Gasteiger partial charge in [-0.1, -0.05) is 6.42 Å². The van der Waals surface area contributed by atoms with Gasteiger partial charge in [0.2, 0.25) is 0 Å². The fourth-order valence-electron chi connectivity index (χ4n) is 2.58. The number of Topliss-reactive ketones (excluding diaryl/α,β-unsaturated/α-hetero) is 1. The molecule has 1 aromatic heterocycles. The normalized spacial score (nSPS) is 19.6. The maximum atomic E-state index is 11.4. The van der Waals surface area contributed by atoms with E-state index in [1.165, 1.54) is 19.3 Å².